The third kappa shape index (κ3) is 2.64. The fraction of sp³-hybridized carbons (Fsp3) is 0.600. The average Bonchev–Trinajstić information content (AvgIpc) is 2.25. The van der Waals surface area contributed by atoms with Gasteiger partial charge in [-0.25, -0.2) is 9.99 Å². The number of nitrogens with one attached hydrogen (secondary N) is 1. The number of hydrogen-bond acceptors (Lipinski definition) is 5. The highest BCUT2D eigenvalue weighted by Gasteiger charge is 2.10. The van der Waals surface area contributed by atoms with Crippen LogP contribution in [0, 0.1) is 13.8 Å². The Morgan fingerprint density at radius 3 is 2.67 bits per heavy atom. The molecule has 0 aromatic carbocycles. The van der Waals surface area contributed by atoms with E-state index in [1.807, 2.05) is 13.8 Å². The molecule has 1 aromatic rings. The molecular formula is C10H16N4O. The van der Waals surface area contributed by atoms with E-state index in [0.29, 0.717) is 0 Å². The van der Waals surface area contributed by atoms with Crippen molar-refractivity contribution in [2.45, 2.75) is 13.8 Å². The van der Waals surface area contributed by atoms with E-state index < -0.39 is 0 Å². The van der Waals surface area contributed by atoms with Crippen LogP contribution in [0.25, 0.3) is 0 Å². The van der Waals surface area contributed by atoms with Crippen molar-refractivity contribution in [2.24, 2.45) is 0 Å². The van der Waals surface area contributed by atoms with Crippen LogP contribution in [0.1, 0.15) is 11.4 Å². The molecule has 1 aliphatic heterocycles. The fourth-order valence-electron chi connectivity index (χ4n) is 1.43. The molecule has 1 aliphatic rings. The summed E-state index contributed by atoms with van der Waals surface area (Å²) in [5, 5.41) is 2.10. The van der Waals surface area contributed by atoms with Crippen LogP contribution < -0.4 is 5.43 Å². The van der Waals surface area contributed by atoms with Crippen LogP contribution in [-0.2, 0) is 4.74 Å². The summed E-state index contributed by atoms with van der Waals surface area (Å²) in [6.45, 7) is 7.23. The van der Waals surface area contributed by atoms with E-state index in [1.165, 1.54) is 0 Å². The van der Waals surface area contributed by atoms with Gasteiger partial charge < -0.3 is 10.2 Å². The smallest absolute Gasteiger partial charge is 0.159 e. The highest BCUT2D eigenvalue weighted by atomic mass is 16.5. The van der Waals surface area contributed by atoms with E-state index in [1.54, 1.807) is 6.20 Å². The first kappa shape index (κ1) is 10.3. The summed E-state index contributed by atoms with van der Waals surface area (Å²) in [6, 6.07) is 0. The van der Waals surface area contributed by atoms with Gasteiger partial charge in [0.15, 0.2) is 5.82 Å². The normalized spacial score (nSPS) is 17.7. The van der Waals surface area contributed by atoms with Crippen molar-refractivity contribution in [3.63, 3.8) is 0 Å². The first-order chi connectivity index (χ1) is 7.25. The molecule has 0 unspecified atom stereocenters. The summed E-state index contributed by atoms with van der Waals surface area (Å²) in [7, 11) is 0. The molecule has 0 amide bonds. The molecule has 5 heteroatoms. The summed E-state index contributed by atoms with van der Waals surface area (Å²) in [5.41, 5.74) is 5.17. The zero-order valence-corrected chi connectivity index (χ0v) is 9.16. The van der Waals surface area contributed by atoms with Crippen molar-refractivity contribution in [3.8, 4) is 0 Å². The average molecular weight is 208 g/mol. The third-order valence-corrected chi connectivity index (χ3v) is 2.48. The van der Waals surface area contributed by atoms with E-state index in [4.69, 9.17) is 4.74 Å². The highest BCUT2D eigenvalue weighted by Crippen LogP contribution is 2.07. The monoisotopic (exact) mass is 208 g/mol. The first-order valence-corrected chi connectivity index (χ1v) is 5.15. The van der Waals surface area contributed by atoms with E-state index in [9.17, 15) is 0 Å². The van der Waals surface area contributed by atoms with Gasteiger partial charge in [0.05, 0.1) is 30.8 Å². The van der Waals surface area contributed by atoms with E-state index in [-0.39, 0.29) is 0 Å². The van der Waals surface area contributed by atoms with Crippen molar-refractivity contribution in [3.05, 3.63) is 17.6 Å². The molecule has 1 fully saturated rings. The molecule has 2 rings (SSSR count). The lowest BCUT2D eigenvalue weighted by Crippen LogP contribution is -2.40. The molecule has 0 saturated carbocycles. The van der Waals surface area contributed by atoms with Crippen LogP contribution in [0.5, 0.6) is 0 Å². The highest BCUT2D eigenvalue weighted by molar-refractivity contribution is 5.32. The predicted molar refractivity (Wildman–Crippen MR) is 57.5 cm³/mol. The Labute approximate surface area is 89.4 Å². The van der Waals surface area contributed by atoms with Gasteiger partial charge in [-0.05, 0) is 13.8 Å². The lowest BCUT2D eigenvalue weighted by Gasteiger charge is -2.27. The van der Waals surface area contributed by atoms with E-state index in [0.717, 1.165) is 43.5 Å². The summed E-state index contributed by atoms with van der Waals surface area (Å²) >= 11 is 0. The molecule has 1 saturated heterocycles. The largest absolute Gasteiger partial charge is 0.379 e. The standard InChI is InChI=1S/C10H16N4O/c1-8-9(2)12-10(7-11-8)13-14-3-5-15-6-4-14/h7H,3-6H2,1-2H3,(H,12,13). The Bertz CT molecular complexity index is 336. The van der Waals surface area contributed by atoms with Crippen LogP contribution in [0.3, 0.4) is 0 Å². The van der Waals surface area contributed by atoms with Crippen molar-refractivity contribution >= 4 is 5.82 Å². The van der Waals surface area contributed by atoms with Gasteiger partial charge in [-0.3, -0.25) is 4.98 Å². The van der Waals surface area contributed by atoms with E-state index >= 15 is 0 Å². The van der Waals surface area contributed by atoms with Crippen molar-refractivity contribution in [1.82, 2.24) is 15.0 Å². The molecule has 5 nitrogen and oxygen atoms in total. The molecule has 0 atom stereocenters. The van der Waals surface area contributed by atoms with Crippen LogP contribution in [0.2, 0.25) is 0 Å². The van der Waals surface area contributed by atoms with Crippen LogP contribution in [0.4, 0.5) is 5.82 Å². The van der Waals surface area contributed by atoms with Gasteiger partial charge in [0, 0.05) is 13.1 Å². The van der Waals surface area contributed by atoms with Crippen LogP contribution in [0.15, 0.2) is 6.20 Å². The SMILES string of the molecule is Cc1ncc(NN2CCOCC2)nc1C. The fourth-order valence-corrected chi connectivity index (χ4v) is 1.43. The number of hydrogen-bond donors (Lipinski definition) is 1. The lowest BCUT2D eigenvalue weighted by atomic mass is 10.3. The minimum Gasteiger partial charge on any atom is -0.379 e. The van der Waals surface area contributed by atoms with Crippen molar-refractivity contribution in [1.29, 1.82) is 0 Å². The van der Waals surface area contributed by atoms with E-state index in [2.05, 4.69) is 20.4 Å². The Morgan fingerprint density at radius 2 is 2.00 bits per heavy atom. The van der Waals surface area contributed by atoms with Gasteiger partial charge >= 0.3 is 0 Å². The number of ether oxygens (including phenoxy) is 1. The Balaban J connectivity index is 2.00. The maximum absolute atomic E-state index is 5.26. The quantitative estimate of drug-likeness (QED) is 0.777. The number of aromatic nitrogens is 2. The number of morpholine rings is 1. The number of rotatable bonds is 2. The number of anilines is 1. The van der Waals surface area contributed by atoms with Gasteiger partial charge in [-0.15, -0.1) is 0 Å². The lowest BCUT2D eigenvalue weighted by molar-refractivity contribution is 0.0494. The molecule has 82 valence electrons. The minimum atomic E-state index is 0.769. The van der Waals surface area contributed by atoms with Crippen LogP contribution in [-0.4, -0.2) is 41.3 Å². The zero-order valence-electron chi connectivity index (χ0n) is 9.16. The third-order valence-electron chi connectivity index (χ3n) is 2.48. The van der Waals surface area contributed by atoms with Crippen molar-refractivity contribution in [2.75, 3.05) is 31.7 Å². The Morgan fingerprint density at radius 1 is 1.27 bits per heavy atom. The Kier molecular flexibility index (Phi) is 3.13. The molecular weight excluding hydrogens is 192 g/mol. The predicted octanol–water partition coefficient (Wildman–Crippen LogP) is 0.753. The summed E-state index contributed by atoms with van der Waals surface area (Å²) < 4.78 is 5.26. The Hall–Kier alpha value is -1.20. The molecule has 0 radical (unpaired) electrons. The zero-order chi connectivity index (χ0) is 10.7. The number of hydrazine groups is 1. The minimum absolute atomic E-state index is 0.769. The van der Waals surface area contributed by atoms with Crippen LogP contribution >= 0.6 is 0 Å². The van der Waals surface area contributed by atoms with Gasteiger partial charge in [0.1, 0.15) is 0 Å². The second-order valence-electron chi connectivity index (χ2n) is 3.64. The number of nitrogens with zero attached hydrogens (tertiary/aromatic N) is 3. The molecule has 1 N–H and O–H groups in total. The second kappa shape index (κ2) is 4.55. The molecule has 1 aromatic heterocycles. The molecule has 0 spiro atoms. The first-order valence-electron chi connectivity index (χ1n) is 5.15. The summed E-state index contributed by atoms with van der Waals surface area (Å²) in [6.07, 6.45) is 1.76. The molecule has 15 heavy (non-hydrogen) atoms. The second-order valence-corrected chi connectivity index (χ2v) is 3.64. The van der Waals surface area contributed by atoms with Gasteiger partial charge in [-0.2, -0.15) is 0 Å². The summed E-state index contributed by atoms with van der Waals surface area (Å²) in [4.78, 5) is 8.67. The van der Waals surface area contributed by atoms with Crippen molar-refractivity contribution < 1.29 is 4.74 Å². The maximum Gasteiger partial charge on any atom is 0.159 e. The van der Waals surface area contributed by atoms with Gasteiger partial charge in [0.25, 0.3) is 0 Å². The maximum atomic E-state index is 5.26. The summed E-state index contributed by atoms with van der Waals surface area (Å²) in [5.74, 6) is 0.806. The van der Waals surface area contributed by atoms with Gasteiger partial charge in [0.2, 0.25) is 0 Å². The van der Waals surface area contributed by atoms with Gasteiger partial charge in [-0.1, -0.05) is 0 Å². The molecule has 0 bridgehead atoms. The molecule has 2 heterocycles. The molecule has 0 aliphatic carbocycles. The number of aryl methyl sites for hydroxylation is 2. The topological polar surface area (TPSA) is 50.3 Å².